The predicted molar refractivity (Wildman–Crippen MR) is 58.3 cm³/mol. The fourth-order valence-corrected chi connectivity index (χ4v) is 1.64. The number of rotatable bonds is 0. The zero-order valence-electron chi connectivity index (χ0n) is 8.97. The van der Waals surface area contributed by atoms with E-state index in [-0.39, 0.29) is 11.2 Å². The minimum atomic E-state index is -4.39. The van der Waals surface area contributed by atoms with E-state index in [0.717, 1.165) is 12.1 Å². The van der Waals surface area contributed by atoms with Crippen LogP contribution in [0.25, 0.3) is 10.9 Å². The first-order chi connectivity index (χ1) is 7.80. The molecule has 0 aliphatic rings. The molecule has 1 nitrogen and oxygen atoms in total. The largest absolute Gasteiger partial charge is 0.416 e. The SMILES string of the molecule is [CH]c1nc2cc(C(F)(F)F)ccc2c(C)c1[CH]. The molecule has 2 aromatic rings. The van der Waals surface area contributed by atoms with Crippen molar-refractivity contribution < 1.29 is 13.2 Å². The van der Waals surface area contributed by atoms with Gasteiger partial charge < -0.3 is 0 Å². The number of aryl methyl sites for hydroxylation is 1. The van der Waals surface area contributed by atoms with E-state index in [9.17, 15) is 13.2 Å². The van der Waals surface area contributed by atoms with Crippen LogP contribution in [0.5, 0.6) is 0 Å². The lowest BCUT2D eigenvalue weighted by Crippen LogP contribution is -2.05. The zero-order valence-corrected chi connectivity index (χ0v) is 8.97. The van der Waals surface area contributed by atoms with E-state index in [4.69, 9.17) is 13.8 Å². The number of hydrogen-bond acceptors (Lipinski definition) is 1. The molecule has 0 bridgehead atoms. The van der Waals surface area contributed by atoms with Gasteiger partial charge in [-0.3, -0.25) is 4.98 Å². The molecule has 4 heteroatoms. The molecule has 4 radical (unpaired) electrons. The first-order valence-corrected chi connectivity index (χ1v) is 4.83. The Kier molecular flexibility index (Phi) is 2.60. The maximum Gasteiger partial charge on any atom is 0.416 e. The maximum atomic E-state index is 12.5. The second-order valence-corrected chi connectivity index (χ2v) is 3.77. The molecular formula is C13H8F3N. The Morgan fingerprint density at radius 2 is 1.82 bits per heavy atom. The molecule has 1 heterocycles. The van der Waals surface area contributed by atoms with Gasteiger partial charge in [0.25, 0.3) is 0 Å². The van der Waals surface area contributed by atoms with Crippen LogP contribution < -0.4 is 0 Å². The highest BCUT2D eigenvalue weighted by atomic mass is 19.4. The van der Waals surface area contributed by atoms with Crippen molar-refractivity contribution >= 4 is 10.9 Å². The van der Waals surface area contributed by atoms with Crippen molar-refractivity contribution in [2.24, 2.45) is 0 Å². The first kappa shape index (κ1) is 11.9. The maximum absolute atomic E-state index is 12.5. The van der Waals surface area contributed by atoms with Gasteiger partial charge in [0.15, 0.2) is 0 Å². The average molecular weight is 235 g/mol. The summed E-state index contributed by atoms with van der Waals surface area (Å²) in [5.41, 5.74) is 0.443. The van der Waals surface area contributed by atoms with Gasteiger partial charge in [-0.15, -0.1) is 0 Å². The van der Waals surface area contributed by atoms with E-state index < -0.39 is 11.7 Å². The fourth-order valence-electron chi connectivity index (χ4n) is 1.64. The summed E-state index contributed by atoms with van der Waals surface area (Å²) in [5.74, 6) is 0. The smallest absolute Gasteiger partial charge is 0.252 e. The molecule has 0 saturated carbocycles. The van der Waals surface area contributed by atoms with Crippen LogP contribution >= 0.6 is 0 Å². The minimum absolute atomic E-state index is 0.0503. The standard InChI is InChI=1S/C13H8F3N/c1-7-8(2)11-5-4-10(13(14,15)16)6-12(11)17-9(7)3/h1,3-6H,2H3. The molecule has 0 spiro atoms. The summed E-state index contributed by atoms with van der Waals surface area (Å²) < 4.78 is 37.5. The second kappa shape index (κ2) is 3.72. The molecular weight excluding hydrogens is 227 g/mol. The van der Waals surface area contributed by atoms with Crippen molar-refractivity contribution in [1.29, 1.82) is 0 Å². The number of alkyl halides is 3. The summed E-state index contributed by atoms with van der Waals surface area (Å²) >= 11 is 0. The average Bonchev–Trinajstić information content (AvgIpc) is 2.24. The Hall–Kier alpha value is -1.58. The van der Waals surface area contributed by atoms with Crippen molar-refractivity contribution in [3.63, 3.8) is 0 Å². The van der Waals surface area contributed by atoms with Gasteiger partial charge in [-0.1, -0.05) is 6.07 Å². The lowest BCUT2D eigenvalue weighted by Gasteiger charge is -2.11. The molecule has 0 aliphatic carbocycles. The van der Waals surface area contributed by atoms with Crippen molar-refractivity contribution in [3.05, 3.63) is 54.4 Å². The lowest BCUT2D eigenvalue weighted by atomic mass is 10.0. The van der Waals surface area contributed by atoms with E-state index in [2.05, 4.69) is 4.98 Å². The number of fused-ring (bicyclic) bond motifs is 1. The summed E-state index contributed by atoms with van der Waals surface area (Å²) in [6, 6.07) is 3.33. The molecule has 0 saturated heterocycles. The quantitative estimate of drug-likeness (QED) is 0.678. The van der Waals surface area contributed by atoms with Gasteiger partial charge in [0.05, 0.1) is 11.1 Å². The molecule has 0 fully saturated rings. The topological polar surface area (TPSA) is 12.9 Å². The highest BCUT2D eigenvalue weighted by Crippen LogP contribution is 2.32. The van der Waals surface area contributed by atoms with E-state index in [1.54, 1.807) is 6.92 Å². The van der Waals surface area contributed by atoms with Crippen LogP contribution in [0.3, 0.4) is 0 Å². The molecule has 0 amide bonds. The number of halogens is 3. The highest BCUT2D eigenvalue weighted by Gasteiger charge is 2.30. The zero-order chi connectivity index (χ0) is 12.8. The third kappa shape index (κ3) is 1.99. The molecule has 1 aromatic heterocycles. The van der Waals surface area contributed by atoms with E-state index >= 15 is 0 Å². The Bertz CT molecular complexity index is 585. The molecule has 1 aromatic carbocycles. The molecule has 2 rings (SSSR count). The summed E-state index contributed by atoms with van der Waals surface area (Å²) in [6.07, 6.45) is -4.39. The van der Waals surface area contributed by atoms with Gasteiger partial charge >= 0.3 is 6.18 Å². The Morgan fingerprint density at radius 3 is 2.41 bits per heavy atom. The number of aromatic nitrogens is 1. The van der Waals surface area contributed by atoms with E-state index in [1.807, 2.05) is 0 Å². The fraction of sp³-hybridized carbons (Fsp3) is 0.154. The van der Waals surface area contributed by atoms with Crippen LogP contribution in [0.1, 0.15) is 22.4 Å². The van der Waals surface area contributed by atoms with Crippen molar-refractivity contribution in [3.8, 4) is 0 Å². The van der Waals surface area contributed by atoms with Gasteiger partial charge in [-0.25, -0.2) is 0 Å². The normalized spacial score (nSPS) is 12.1. The van der Waals surface area contributed by atoms with Crippen LogP contribution in [0.2, 0.25) is 0 Å². The molecule has 86 valence electrons. The van der Waals surface area contributed by atoms with E-state index in [1.165, 1.54) is 6.07 Å². The predicted octanol–water partition coefficient (Wildman–Crippen LogP) is 3.68. The molecule has 0 atom stereocenters. The summed E-state index contributed by atoms with van der Waals surface area (Å²) in [4.78, 5) is 3.86. The number of hydrogen-bond donors (Lipinski definition) is 0. The molecule has 0 N–H and O–H groups in total. The van der Waals surface area contributed by atoms with Gasteiger partial charge in [-0.2, -0.15) is 13.2 Å². The van der Waals surface area contributed by atoms with Gasteiger partial charge in [0.2, 0.25) is 0 Å². The summed E-state index contributed by atoms with van der Waals surface area (Å²) in [5, 5.41) is 0.574. The summed E-state index contributed by atoms with van der Waals surface area (Å²) in [6.45, 7) is 12.9. The Labute approximate surface area is 97.3 Å². The van der Waals surface area contributed by atoms with Crippen LogP contribution in [-0.2, 0) is 6.18 Å². The van der Waals surface area contributed by atoms with Gasteiger partial charge in [0, 0.05) is 24.9 Å². The second-order valence-electron chi connectivity index (χ2n) is 3.77. The first-order valence-electron chi connectivity index (χ1n) is 4.83. The van der Waals surface area contributed by atoms with Crippen molar-refractivity contribution in [1.82, 2.24) is 4.98 Å². The Morgan fingerprint density at radius 1 is 1.18 bits per heavy atom. The third-order valence-corrected chi connectivity index (χ3v) is 2.65. The van der Waals surface area contributed by atoms with E-state index in [0.29, 0.717) is 16.5 Å². The van der Waals surface area contributed by atoms with Crippen LogP contribution in [0.4, 0.5) is 13.2 Å². The Balaban J connectivity index is 2.76. The highest BCUT2D eigenvalue weighted by molar-refractivity contribution is 5.84. The van der Waals surface area contributed by atoms with Crippen molar-refractivity contribution in [2.45, 2.75) is 13.1 Å². The van der Waals surface area contributed by atoms with Crippen LogP contribution in [0.15, 0.2) is 18.2 Å². The molecule has 0 aliphatic heterocycles. The molecule has 17 heavy (non-hydrogen) atoms. The monoisotopic (exact) mass is 235 g/mol. The van der Waals surface area contributed by atoms with Crippen LogP contribution in [-0.4, -0.2) is 4.98 Å². The van der Waals surface area contributed by atoms with Crippen molar-refractivity contribution in [2.75, 3.05) is 0 Å². The third-order valence-electron chi connectivity index (χ3n) is 2.65. The lowest BCUT2D eigenvalue weighted by molar-refractivity contribution is -0.137. The molecule has 0 unspecified atom stereocenters. The number of pyridine rings is 1. The summed E-state index contributed by atoms with van der Waals surface area (Å²) in [7, 11) is 0. The number of nitrogens with zero attached hydrogens (tertiary/aromatic N) is 1. The van der Waals surface area contributed by atoms with Gasteiger partial charge in [0.1, 0.15) is 0 Å². The van der Waals surface area contributed by atoms with Gasteiger partial charge in [-0.05, 0) is 30.2 Å². The minimum Gasteiger partial charge on any atom is -0.252 e. The van der Waals surface area contributed by atoms with Crippen LogP contribution in [0, 0.1) is 20.8 Å². The number of benzene rings is 1.